The molecule has 1 atom stereocenters. The van der Waals surface area contributed by atoms with Crippen LogP contribution in [-0.2, 0) is 9.59 Å². The summed E-state index contributed by atoms with van der Waals surface area (Å²) in [4.78, 5) is 25.4. The molecule has 1 aromatic rings. The standard InChI is InChI=1S/C16H19ClFNO3/c1-10-5-7-19(8-6-10)14(20)9-11(16(21)22)15-12(17)3-2-4-13(15)18/h2-4,10-11H,5-9H2,1H3,(H,21,22). The van der Waals surface area contributed by atoms with Gasteiger partial charge in [0.15, 0.2) is 0 Å². The molecule has 1 N–H and O–H groups in total. The highest BCUT2D eigenvalue weighted by Crippen LogP contribution is 2.31. The molecule has 1 saturated heterocycles. The van der Waals surface area contributed by atoms with Crippen LogP contribution in [0.4, 0.5) is 4.39 Å². The summed E-state index contributed by atoms with van der Waals surface area (Å²) in [5.41, 5.74) is -0.115. The highest BCUT2D eigenvalue weighted by Gasteiger charge is 2.31. The Hall–Kier alpha value is -1.62. The van der Waals surface area contributed by atoms with E-state index >= 15 is 0 Å². The maximum Gasteiger partial charge on any atom is 0.311 e. The Bertz CT molecular complexity index is 550. The predicted octanol–water partition coefficient (Wildman–Crippen LogP) is 3.30. The molecule has 1 aliphatic rings. The maximum atomic E-state index is 13.9. The Morgan fingerprint density at radius 1 is 1.41 bits per heavy atom. The molecule has 0 spiro atoms. The van der Waals surface area contributed by atoms with Gasteiger partial charge in [0, 0.05) is 30.1 Å². The fraction of sp³-hybridized carbons (Fsp3) is 0.500. The van der Waals surface area contributed by atoms with E-state index in [1.54, 1.807) is 4.90 Å². The molecule has 0 radical (unpaired) electrons. The summed E-state index contributed by atoms with van der Waals surface area (Å²) in [5.74, 6) is -2.90. The molecular weight excluding hydrogens is 309 g/mol. The van der Waals surface area contributed by atoms with E-state index in [0.717, 1.165) is 18.9 Å². The molecule has 1 aliphatic heterocycles. The van der Waals surface area contributed by atoms with E-state index in [2.05, 4.69) is 6.92 Å². The Kier molecular flexibility index (Phi) is 5.40. The van der Waals surface area contributed by atoms with Crippen molar-refractivity contribution in [3.05, 3.63) is 34.6 Å². The van der Waals surface area contributed by atoms with Gasteiger partial charge >= 0.3 is 5.97 Å². The first-order valence-electron chi connectivity index (χ1n) is 7.34. The molecule has 0 saturated carbocycles. The van der Waals surface area contributed by atoms with Gasteiger partial charge < -0.3 is 10.0 Å². The first-order chi connectivity index (χ1) is 10.4. The van der Waals surface area contributed by atoms with Gasteiger partial charge in [-0.2, -0.15) is 0 Å². The normalized spacial score (nSPS) is 17.3. The third kappa shape index (κ3) is 3.77. The summed E-state index contributed by atoms with van der Waals surface area (Å²) in [6.07, 6.45) is 1.54. The lowest BCUT2D eigenvalue weighted by atomic mass is 9.93. The lowest BCUT2D eigenvalue weighted by molar-refractivity contribution is -0.143. The summed E-state index contributed by atoms with van der Waals surface area (Å²) in [6.45, 7) is 3.37. The number of amides is 1. The number of likely N-dealkylation sites (tertiary alicyclic amines) is 1. The number of hydrogen-bond donors (Lipinski definition) is 1. The van der Waals surface area contributed by atoms with Crippen LogP contribution >= 0.6 is 11.6 Å². The Labute approximate surface area is 133 Å². The summed E-state index contributed by atoms with van der Waals surface area (Å²) < 4.78 is 13.9. The zero-order valence-electron chi connectivity index (χ0n) is 12.4. The molecule has 2 rings (SSSR count). The van der Waals surface area contributed by atoms with Crippen molar-refractivity contribution < 1.29 is 19.1 Å². The minimum absolute atomic E-state index is 0.0347. The van der Waals surface area contributed by atoms with Crippen LogP contribution in [0, 0.1) is 11.7 Å². The molecule has 22 heavy (non-hydrogen) atoms. The summed E-state index contributed by atoms with van der Waals surface area (Å²) in [5, 5.41) is 9.40. The number of hydrogen-bond acceptors (Lipinski definition) is 2. The Morgan fingerprint density at radius 3 is 2.59 bits per heavy atom. The SMILES string of the molecule is CC1CCN(C(=O)CC(C(=O)O)c2c(F)cccc2Cl)CC1. The monoisotopic (exact) mass is 327 g/mol. The summed E-state index contributed by atoms with van der Waals surface area (Å²) in [7, 11) is 0. The van der Waals surface area contributed by atoms with Crippen molar-refractivity contribution in [3.8, 4) is 0 Å². The van der Waals surface area contributed by atoms with Crippen molar-refractivity contribution in [3.63, 3.8) is 0 Å². The first kappa shape index (κ1) is 16.7. The van der Waals surface area contributed by atoms with Crippen LogP contribution in [0.3, 0.4) is 0 Å². The van der Waals surface area contributed by atoms with Gasteiger partial charge in [-0.25, -0.2) is 4.39 Å². The number of rotatable bonds is 4. The Morgan fingerprint density at radius 2 is 2.05 bits per heavy atom. The molecule has 0 aliphatic carbocycles. The molecule has 120 valence electrons. The van der Waals surface area contributed by atoms with Crippen molar-refractivity contribution in [2.75, 3.05) is 13.1 Å². The van der Waals surface area contributed by atoms with Gasteiger partial charge in [-0.15, -0.1) is 0 Å². The molecule has 1 unspecified atom stereocenters. The van der Waals surface area contributed by atoms with Gasteiger partial charge in [0.2, 0.25) is 5.91 Å². The highest BCUT2D eigenvalue weighted by atomic mass is 35.5. The van der Waals surface area contributed by atoms with Gasteiger partial charge in [-0.05, 0) is 30.9 Å². The van der Waals surface area contributed by atoms with Gasteiger partial charge in [0.1, 0.15) is 5.82 Å². The fourth-order valence-electron chi connectivity index (χ4n) is 2.72. The van der Waals surface area contributed by atoms with Gasteiger partial charge in [-0.1, -0.05) is 24.6 Å². The lowest BCUT2D eigenvalue weighted by Crippen LogP contribution is -2.39. The van der Waals surface area contributed by atoms with Crippen LogP contribution in [0.2, 0.25) is 5.02 Å². The lowest BCUT2D eigenvalue weighted by Gasteiger charge is -2.31. The second kappa shape index (κ2) is 7.09. The number of aliphatic carboxylic acids is 1. The van der Waals surface area contributed by atoms with E-state index in [4.69, 9.17) is 11.6 Å². The fourth-order valence-corrected chi connectivity index (χ4v) is 3.01. The molecule has 0 bridgehead atoms. The first-order valence-corrected chi connectivity index (χ1v) is 7.72. The topological polar surface area (TPSA) is 57.6 Å². The molecule has 1 heterocycles. The molecule has 6 heteroatoms. The van der Waals surface area contributed by atoms with Crippen molar-refractivity contribution in [1.29, 1.82) is 0 Å². The van der Waals surface area contributed by atoms with Crippen LogP contribution in [0.15, 0.2) is 18.2 Å². The van der Waals surface area contributed by atoms with E-state index in [0.29, 0.717) is 19.0 Å². The quantitative estimate of drug-likeness (QED) is 0.923. The van der Waals surface area contributed by atoms with Crippen molar-refractivity contribution in [2.45, 2.75) is 32.1 Å². The number of carboxylic acid groups (broad SMARTS) is 1. The maximum absolute atomic E-state index is 13.9. The summed E-state index contributed by atoms with van der Waals surface area (Å²) in [6, 6.07) is 4.00. The van der Waals surface area contributed by atoms with E-state index in [1.165, 1.54) is 12.1 Å². The minimum atomic E-state index is -1.26. The van der Waals surface area contributed by atoms with Crippen molar-refractivity contribution in [1.82, 2.24) is 4.90 Å². The third-order valence-electron chi connectivity index (χ3n) is 4.16. The van der Waals surface area contributed by atoms with Crippen LogP contribution in [0.5, 0.6) is 0 Å². The third-order valence-corrected chi connectivity index (χ3v) is 4.49. The number of piperidine rings is 1. The minimum Gasteiger partial charge on any atom is -0.481 e. The number of carbonyl (C=O) groups excluding carboxylic acids is 1. The van der Waals surface area contributed by atoms with Crippen LogP contribution in [0.25, 0.3) is 0 Å². The average Bonchev–Trinajstić information content (AvgIpc) is 2.46. The zero-order valence-corrected chi connectivity index (χ0v) is 13.1. The number of carboxylic acids is 1. The van der Waals surface area contributed by atoms with Gasteiger partial charge in [0.05, 0.1) is 5.92 Å². The number of benzene rings is 1. The number of nitrogens with zero attached hydrogens (tertiary/aromatic N) is 1. The van der Waals surface area contributed by atoms with Gasteiger partial charge in [0.25, 0.3) is 0 Å². The van der Waals surface area contributed by atoms with E-state index in [-0.39, 0.29) is 22.9 Å². The van der Waals surface area contributed by atoms with E-state index in [1.807, 2.05) is 0 Å². The molecule has 1 amide bonds. The average molecular weight is 328 g/mol. The van der Waals surface area contributed by atoms with E-state index < -0.39 is 17.7 Å². The van der Waals surface area contributed by atoms with Gasteiger partial charge in [-0.3, -0.25) is 9.59 Å². The van der Waals surface area contributed by atoms with Crippen molar-refractivity contribution >= 4 is 23.5 Å². The number of carbonyl (C=O) groups is 2. The predicted molar refractivity (Wildman–Crippen MR) is 81.4 cm³/mol. The van der Waals surface area contributed by atoms with Crippen LogP contribution < -0.4 is 0 Å². The summed E-state index contributed by atoms with van der Waals surface area (Å²) >= 11 is 5.93. The zero-order chi connectivity index (χ0) is 16.3. The molecule has 4 nitrogen and oxygen atoms in total. The molecule has 1 aromatic carbocycles. The largest absolute Gasteiger partial charge is 0.481 e. The molecule has 0 aromatic heterocycles. The van der Waals surface area contributed by atoms with Crippen LogP contribution in [0.1, 0.15) is 37.7 Å². The second-order valence-electron chi connectivity index (χ2n) is 5.79. The van der Waals surface area contributed by atoms with E-state index in [9.17, 15) is 19.1 Å². The smallest absolute Gasteiger partial charge is 0.311 e. The van der Waals surface area contributed by atoms with Crippen LogP contribution in [-0.4, -0.2) is 35.0 Å². The Balaban J connectivity index is 2.16. The molecular formula is C16H19ClFNO3. The second-order valence-corrected chi connectivity index (χ2v) is 6.20. The van der Waals surface area contributed by atoms with Crippen molar-refractivity contribution in [2.24, 2.45) is 5.92 Å². The molecule has 1 fully saturated rings. The number of halogens is 2. The highest BCUT2D eigenvalue weighted by molar-refractivity contribution is 6.31.